The Labute approximate surface area is 744 Å². The van der Waals surface area contributed by atoms with Gasteiger partial charge >= 0.3 is 32.9 Å². The maximum Gasteiger partial charge on any atom is 0.336 e. The fourth-order valence-electron chi connectivity index (χ4n) is 9.71. The number of carboxylic acids is 2. The summed E-state index contributed by atoms with van der Waals surface area (Å²) >= 11 is 47.8. The molecule has 118 heavy (non-hydrogen) atoms. The number of carboxylic acid groups (broad SMARTS) is 2. The van der Waals surface area contributed by atoms with Crippen LogP contribution in [0.1, 0.15) is 218 Å². The first-order chi connectivity index (χ1) is 54.7. The van der Waals surface area contributed by atoms with Gasteiger partial charge < -0.3 is 29.2 Å². The number of carbonyl (C=O) groups is 11. The second-order valence-corrected chi connectivity index (χ2v) is 31.1. The number of carbonyl (C=O) groups excluding carboxylic acids is 9. The molecule has 7 rings (SSSR count). The first-order valence-electron chi connectivity index (χ1n) is 35.7. The zero-order valence-corrected chi connectivity index (χ0v) is 78.2. The summed E-state index contributed by atoms with van der Waals surface area (Å²) in [6.45, 7) is 37.0. The van der Waals surface area contributed by atoms with E-state index in [4.69, 9.17) is 105 Å². The van der Waals surface area contributed by atoms with E-state index >= 15 is 0 Å². The van der Waals surface area contributed by atoms with Gasteiger partial charge in [0.05, 0.1) is 55.8 Å². The SMILES string of the molecule is CC(C)(C)NN.CCc1c(OC)cccc1C(=O)Cl.CCc1c(OC)cccc1C(=O)NN(C(=O)c1cc(C)cc(C)c1)C(C)(C)C.CCc1c(OC)cccc1C(=O)NNC(C)(C)C.CCc1c(OC)cccc1C(=O)O.Cc1cc(C)cc(C(=O)Cl)c1.Cc1cc(C)cc(C(=O)O)c1.ClCCl.ClCCl.O=C(Cl)C(=O)Cl.O=C(Cl)C(=O)Cl. The van der Waals surface area contributed by atoms with E-state index in [1.54, 1.807) is 101 Å². The first kappa shape index (κ1) is 116. The third-order valence-corrected chi connectivity index (χ3v) is 15.8. The van der Waals surface area contributed by atoms with Crippen molar-refractivity contribution in [1.82, 2.24) is 26.7 Å². The van der Waals surface area contributed by atoms with Crippen molar-refractivity contribution < 1.29 is 81.9 Å². The molecule has 0 aliphatic rings. The lowest BCUT2D eigenvalue weighted by Gasteiger charge is -2.35. The molecule has 23 nitrogen and oxygen atoms in total. The van der Waals surface area contributed by atoms with Crippen molar-refractivity contribution >= 4 is 177 Å². The number of aryl methyl sites for hydroxylation is 6. The van der Waals surface area contributed by atoms with Gasteiger partial charge in [0.15, 0.2) is 0 Å². The zero-order chi connectivity index (χ0) is 92.3. The van der Waals surface area contributed by atoms with Crippen molar-refractivity contribution in [3.8, 4) is 23.0 Å². The molecule has 0 saturated carbocycles. The number of alkyl halides is 4. The van der Waals surface area contributed by atoms with Crippen LogP contribution in [0.4, 0.5) is 0 Å². The predicted octanol–water partition coefficient (Wildman–Crippen LogP) is 20.2. The highest BCUT2D eigenvalue weighted by Gasteiger charge is 2.31. The van der Waals surface area contributed by atoms with Gasteiger partial charge in [0, 0.05) is 61.1 Å². The van der Waals surface area contributed by atoms with E-state index in [1.807, 2.05) is 186 Å². The molecule has 33 heteroatoms. The van der Waals surface area contributed by atoms with E-state index in [1.165, 1.54) is 5.01 Å². The van der Waals surface area contributed by atoms with Crippen LogP contribution in [0, 0.1) is 41.5 Å². The summed E-state index contributed by atoms with van der Waals surface area (Å²) in [6.07, 6.45) is 2.79. The molecule has 0 aromatic heterocycles. The quantitative estimate of drug-likeness (QED) is 0.0138. The molecule has 7 aromatic carbocycles. The molecule has 0 fully saturated rings. The molecule has 8 N–H and O–H groups in total. The van der Waals surface area contributed by atoms with Crippen molar-refractivity contribution in [3.05, 3.63) is 222 Å². The van der Waals surface area contributed by atoms with Gasteiger partial charge in [-0.3, -0.25) is 65.3 Å². The summed E-state index contributed by atoms with van der Waals surface area (Å²) in [6, 6.07) is 37.7. The second kappa shape index (κ2) is 61.2. The zero-order valence-electron chi connectivity index (χ0n) is 70.7. The summed E-state index contributed by atoms with van der Waals surface area (Å²) in [5.74, 6) is 5.35. The normalized spacial score (nSPS) is 9.98. The van der Waals surface area contributed by atoms with Crippen molar-refractivity contribution in [1.29, 1.82) is 0 Å². The molecular weight excluding hydrogens is 1730 g/mol. The Balaban J connectivity index is -0.000000641. The van der Waals surface area contributed by atoms with Crippen LogP contribution in [0.25, 0.3) is 0 Å². The summed E-state index contributed by atoms with van der Waals surface area (Å²) in [7, 11) is 6.32. The Morgan fingerprint density at radius 3 is 0.881 bits per heavy atom. The number of aromatic carboxylic acids is 2. The standard InChI is InChI=1S/C23H30N2O3.C14H22N2O2.C10H11ClO2.C10H12O3.C9H9ClO.C9H10O2.C4H12N2.2C2Cl2O2.2CH2Cl2/c1-8-18-19(10-9-11-20(18)28-7)21(26)24-25(23(4,5)6)22(27)17-13-15(2)12-16(3)14-17;1-6-10-11(8-7-9-12(10)18-5)13(17)15-16-14(2,3)4;2*1-3-7-8(10(11)12)5-4-6-9(7)13-2;2*1-6-3-7(2)5-8(4-6)9(10)11;1-4(2,3)6-5;2*3-1(5)2(4)6;2*2-1-3/h9-14H,8H2,1-7H3,(H,24,26);7-9,16H,6H2,1-5H3,(H,15,17);4-6H,3H2,1-2H3;4-6H,3H2,1-2H3,(H,11,12);3-5H,1-2H3;3-5H,1-2H3,(H,10,11);6H,5H2,1-3H3;;;2*1H2. The van der Waals surface area contributed by atoms with E-state index in [9.17, 15) is 52.7 Å². The number of nitrogens with one attached hydrogen (secondary N) is 4. The number of amides is 3. The van der Waals surface area contributed by atoms with Crippen LogP contribution in [0.15, 0.2) is 127 Å². The maximum absolute atomic E-state index is 13.2. The molecule has 0 heterocycles. The summed E-state index contributed by atoms with van der Waals surface area (Å²) in [5.41, 5.74) is 23.4. The molecule has 3 amide bonds. The average molecular weight is 1840 g/mol. The molecular formula is C85H110Cl10N6O17. The number of nitrogens with zero attached hydrogens (tertiary/aromatic N) is 1. The van der Waals surface area contributed by atoms with Crippen LogP contribution in [0.5, 0.6) is 23.0 Å². The predicted molar refractivity (Wildman–Crippen MR) is 479 cm³/mol. The number of methoxy groups -OCH3 is 4. The van der Waals surface area contributed by atoms with Crippen LogP contribution in [0.3, 0.4) is 0 Å². The summed E-state index contributed by atoms with van der Waals surface area (Å²) in [5, 5.41) is 13.9. The molecule has 0 radical (unpaired) electrons. The highest BCUT2D eigenvalue weighted by Crippen LogP contribution is 2.28. The summed E-state index contributed by atoms with van der Waals surface area (Å²) < 4.78 is 20.8. The Hall–Kier alpha value is -8.11. The van der Waals surface area contributed by atoms with Gasteiger partial charge in [0.2, 0.25) is 0 Å². The van der Waals surface area contributed by atoms with Crippen molar-refractivity contribution in [2.45, 2.75) is 174 Å². The number of ether oxygens (including phenoxy) is 4. The van der Waals surface area contributed by atoms with Crippen LogP contribution in [-0.2, 0) is 44.9 Å². The van der Waals surface area contributed by atoms with Gasteiger partial charge in [-0.2, -0.15) is 0 Å². The molecule has 7 aromatic rings. The lowest BCUT2D eigenvalue weighted by molar-refractivity contribution is -0.127. The van der Waals surface area contributed by atoms with E-state index in [0.717, 1.165) is 74.2 Å². The number of hydrazine groups is 3. The van der Waals surface area contributed by atoms with E-state index in [-0.39, 0.29) is 39.5 Å². The van der Waals surface area contributed by atoms with Crippen LogP contribution in [-0.4, -0.2) is 132 Å². The maximum atomic E-state index is 13.2. The van der Waals surface area contributed by atoms with Crippen LogP contribution < -0.4 is 46.5 Å². The topological polar surface area (TPSA) is 343 Å². The number of benzene rings is 7. The van der Waals surface area contributed by atoms with Crippen LogP contribution in [0.2, 0.25) is 0 Å². The molecule has 0 spiro atoms. The molecule has 0 unspecified atom stereocenters. The van der Waals surface area contributed by atoms with Crippen molar-refractivity contribution in [2.24, 2.45) is 5.84 Å². The van der Waals surface area contributed by atoms with Gasteiger partial charge in [0.25, 0.3) is 28.2 Å². The van der Waals surface area contributed by atoms with Gasteiger partial charge in [0.1, 0.15) is 23.0 Å². The Morgan fingerprint density at radius 1 is 0.381 bits per heavy atom. The highest BCUT2D eigenvalue weighted by molar-refractivity contribution is 6.98. The van der Waals surface area contributed by atoms with E-state index in [2.05, 4.69) is 68.1 Å². The molecule has 0 atom stereocenters. The molecule has 0 aliphatic heterocycles. The van der Waals surface area contributed by atoms with Gasteiger partial charge in [-0.1, -0.05) is 104 Å². The Kier molecular flexibility index (Phi) is 60.3. The van der Waals surface area contributed by atoms with Crippen LogP contribution >= 0.6 is 116 Å². The minimum Gasteiger partial charge on any atom is -0.496 e. The second-order valence-electron chi connectivity index (χ2n) is 27.4. The molecule has 652 valence electrons. The number of hydrogen-bond acceptors (Lipinski definition) is 18. The van der Waals surface area contributed by atoms with Gasteiger partial charge in [-0.05, 0) is 284 Å². The Morgan fingerprint density at radius 2 is 0.644 bits per heavy atom. The number of nitrogens with two attached hydrogens (primary N) is 1. The number of halogens is 10. The monoisotopic (exact) mass is 1840 g/mol. The third-order valence-electron chi connectivity index (χ3n) is 14.5. The lowest BCUT2D eigenvalue weighted by Crippen LogP contribution is -2.56. The largest absolute Gasteiger partial charge is 0.496 e. The highest BCUT2D eigenvalue weighted by atomic mass is 35.5. The lowest BCUT2D eigenvalue weighted by atomic mass is 10.0. The van der Waals surface area contributed by atoms with Gasteiger partial charge in [-0.15, -0.1) is 46.4 Å². The van der Waals surface area contributed by atoms with Crippen molar-refractivity contribution in [3.63, 3.8) is 0 Å². The third kappa shape index (κ3) is 48.8. The molecule has 0 aliphatic carbocycles. The summed E-state index contributed by atoms with van der Waals surface area (Å²) in [4.78, 5) is 119. The van der Waals surface area contributed by atoms with Gasteiger partial charge in [-0.25, -0.2) is 20.0 Å². The smallest absolute Gasteiger partial charge is 0.336 e. The molecule has 0 bridgehead atoms. The minimum atomic E-state index is -1.14. The number of rotatable bonds is 18. The van der Waals surface area contributed by atoms with Crippen molar-refractivity contribution in [2.75, 3.05) is 39.1 Å². The average Bonchev–Trinajstić information content (AvgIpc) is 0.804. The Bertz CT molecular complexity index is 4160. The fraction of sp³-hybridized carbons (Fsp3) is 0.376. The van der Waals surface area contributed by atoms with E-state index in [0.29, 0.717) is 69.0 Å². The first-order valence-corrected chi connectivity index (χ1v) is 40.1. The fourth-order valence-corrected chi connectivity index (χ4v) is 9.99. The molecule has 0 saturated heterocycles. The number of hydrogen-bond donors (Lipinski definition) is 7. The van der Waals surface area contributed by atoms with E-state index < -0.39 is 48.9 Å². The minimum absolute atomic E-state index is 0.0694.